The van der Waals surface area contributed by atoms with Gasteiger partial charge in [0.1, 0.15) is 4.90 Å². The van der Waals surface area contributed by atoms with E-state index in [1.54, 1.807) is 4.68 Å². The van der Waals surface area contributed by atoms with Gasteiger partial charge in [-0.2, -0.15) is 9.40 Å². The molecule has 0 fully saturated rings. The fourth-order valence-electron chi connectivity index (χ4n) is 2.56. The summed E-state index contributed by atoms with van der Waals surface area (Å²) in [7, 11) is -0.316. The van der Waals surface area contributed by atoms with E-state index in [2.05, 4.69) is 5.10 Å². The molecule has 0 saturated carbocycles. The van der Waals surface area contributed by atoms with Gasteiger partial charge in [0.2, 0.25) is 10.0 Å². The maximum absolute atomic E-state index is 12.8. The van der Waals surface area contributed by atoms with Crippen LogP contribution >= 0.6 is 23.2 Å². The minimum Gasteiger partial charge on any atom is -0.272 e. The molecule has 0 aliphatic heterocycles. The molecular formula is C15H19Cl2N3O2S. The largest absolute Gasteiger partial charge is 0.272 e. The van der Waals surface area contributed by atoms with Crippen LogP contribution in [0.15, 0.2) is 23.1 Å². The number of halogens is 2. The molecule has 0 amide bonds. The summed E-state index contributed by atoms with van der Waals surface area (Å²) in [6, 6.07) is 4.37. The molecule has 8 heteroatoms. The number of benzene rings is 1. The maximum Gasteiger partial charge on any atom is 0.244 e. The van der Waals surface area contributed by atoms with Crippen molar-refractivity contribution in [2.24, 2.45) is 7.05 Å². The molecule has 0 N–H and O–H groups in total. The topological polar surface area (TPSA) is 55.2 Å². The van der Waals surface area contributed by atoms with Crippen LogP contribution in [0.4, 0.5) is 0 Å². The molecule has 0 radical (unpaired) electrons. The molecule has 0 spiro atoms. The van der Waals surface area contributed by atoms with Crippen LogP contribution in [0.3, 0.4) is 0 Å². The molecule has 0 bridgehead atoms. The van der Waals surface area contributed by atoms with Gasteiger partial charge in [-0.1, -0.05) is 30.1 Å². The Morgan fingerprint density at radius 1 is 1.30 bits per heavy atom. The molecule has 1 aromatic carbocycles. The smallest absolute Gasteiger partial charge is 0.244 e. The predicted molar refractivity (Wildman–Crippen MR) is 92.4 cm³/mol. The Balaban J connectivity index is 2.38. The number of rotatable bonds is 5. The Labute approximate surface area is 146 Å². The van der Waals surface area contributed by atoms with E-state index in [1.165, 1.54) is 29.6 Å². The Morgan fingerprint density at radius 2 is 1.96 bits per heavy atom. The summed E-state index contributed by atoms with van der Waals surface area (Å²) in [4.78, 5) is 0.0469. The highest BCUT2D eigenvalue weighted by atomic mass is 35.5. The Morgan fingerprint density at radius 3 is 2.52 bits per heavy atom. The molecule has 1 aromatic heterocycles. The lowest BCUT2D eigenvalue weighted by Crippen LogP contribution is -2.27. The third-order valence-corrected chi connectivity index (χ3v) is 6.29. The zero-order chi connectivity index (χ0) is 17.4. The summed E-state index contributed by atoms with van der Waals surface area (Å²) in [6.45, 7) is 4.14. The number of aryl methyl sites for hydroxylation is 2. The summed E-state index contributed by atoms with van der Waals surface area (Å²) in [5.41, 5.74) is 2.77. The average molecular weight is 376 g/mol. The Bertz CT molecular complexity index is 831. The van der Waals surface area contributed by atoms with E-state index in [1.807, 2.05) is 20.9 Å². The highest BCUT2D eigenvalue weighted by molar-refractivity contribution is 7.89. The molecule has 23 heavy (non-hydrogen) atoms. The Hall–Kier alpha value is -1.08. The van der Waals surface area contributed by atoms with Crippen molar-refractivity contribution >= 4 is 33.2 Å². The van der Waals surface area contributed by atoms with Gasteiger partial charge in [-0.3, -0.25) is 4.68 Å². The van der Waals surface area contributed by atoms with Gasteiger partial charge >= 0.3 is 0 Å². The zero-order valence-corrected chi connectivity index (χ0v) is 15.8. The third kappa shape index (κ3) is 3.55. The molecule has 5 nitrogen and oxygen atoms in total. The van der Waals surface area contributed by atoms with Crippen LogP contribution in [0, 0.1) is 6.92 Å². The van der Waals surface area contributed by atoms with Gasteiger partial charge in [0.15, 0.2) is 0 Å². The van der Waals surface area contributed by atoms with Crippen LogP contribution in [-0.2, 0) is 30.0 Å². The molecule has 126 valence electrons. The van der Waals surface area contributed by atoms with Crippen LogP contribution in [0.1, 0.15) is 23.9 Å². The lowest BCUT2D eigenvalue weighted by molar-refractivity contribution is 0.464. The van der Waals surface area contributed by atoms with Crippen LogP contribution in [0.25, 0.3) is 0 Å². The van der Waals surface area contributed by atoms with Crippen LogP contribution in [-0.4, -0.2) is 29.6 Å². The molecule has 2 rings (SSSR count). The number of nitrogens with zero attached hydrogens (tertiary/aromatic N) is 3. The average Bonchev–Trinajstić information content (AvgIpc) is 2.72. The summed E-state index contributed by atoms with van der Waals surface area (Å²) >= 11 is 11.9. The molecule has 0 saturated heterocycles. The van der Waals surface area contributed by atoms with Gasteiger partial charge in [-0.15, -0.1) is 0 Å². The first-order valence-electron chi connectivity index (χ1n) is 7.11. The second kappa shape index (κ2) is 6.81. The van der Waals surface area contributed by atoms with Crippen LogP contribution < -0.4 is 0 Å². The first-order valence-corrected chi connectivity index (χ1v) is 9.30. The van der Waals surface area contributed by atoms with Gasteiger partial charge in [-0.25, -0.2) is 8.42 Å². The fourth-order valence-corrected chi connectivity index (χ4v) is 4.44. The van der Waals surface area contributed by atoms with Crippen molar-refractivity contribution in [2.75, 3.05) is 7.05 Å². The quantitative estimate of drug-likeness (QED) is 0.804. The summed E-state index contributed by atoms with van der Waals surface area (Å²) in [5, 5.41) is 4.88. The molecule has 0 aliphatic rings. The standard InChI is InChI=1S/C15H19Cl2N3O2S/c1-5-14-12(10(2)18-20(14)4)9-19(3)23(21,22)15-7-6-11(16)8-13(15)17/h6-8H,5,9H2,1-4H3. The SMILES string of the molecule is CCc1c(CN(C)S(=O)(=O)c2ccc(Cl)cc2Cl)c(C)nn1C. The van der Waals surface area contributed by atoms with Crippen molar-refractivity contribution in [3.63, 3.8) is 0 Å². The van der Waals surface area contributed by atoms with Crippen molar-refractivity contribution in [3.8, 4) is 0 Å². The van der Waals surface area contributed by atoms with Crippen molar-refractivity contribution in [1.29, 1.82) is 0 Å². The molecular weight excluding hydrogens is 357 g/mol. The highest BCUT2D eigenvalue weighted by Crippen LogP contribution is 2.28. The van der Waals surface area contributed by atoms with Gasteiger partial charge < -0.3 is 0 Å². The van der Waals surface area contributed by atoms with Crippen molar-refractivity contribution in [1.82, 2.24) is 14.1 Å². The maximum atomic E-state index is 12.8. The second-order valence-corrected chi connectivity index (χ2v) is 8.18. The molecule has 2 aromatic rings. The number of hydrogen-bond donors (Lipinski definition) is 0. The van der Waals surface area contributed by atoms with Crippen molar-refractivity contribution in [3.05, 3.63) is 45.2 Å². The second-order valence-electron chi connectivity index (χ2n) is 5.32. The normalized spacial score (nSPS) is 12.1. The number of aromatic nitrogens is 2. The third-order valence-electron chi connectivity index (χ3n) is 3.77. The lowest BCUT2D eigenvalue weighted by atomic mass is 10.1. The van der Waals surface area contributed by atoms with Gasteiger partial charge in [-0.05, 0) is 31.5 Å². The van der Waals surface area contributed by atoms with Crippen LogP contribution in [0.2, 0.25) is 10.0 Å². The summed E-state index contributed by atoms with van der Waals surface area (Å²) < 4.78 is 28.6. The van der Waals surface area contributed by atoms with Crippen molar-refractivity contribution in [2.45, 2.75) is 31.7 Å². The first-order chi connectivity index (χ1) is 10.7. The first kappa shape index (κ1) is 18.3. The summed E-state index contributed by atoms with van der Waals surface area (Å²) in [5.74, 6) is 0. The molecule has 0 atom stereocenters. The van der Waals surface area contributed by atoms with E-state index >= 15 is 0 Å². The van der Waals surface area contributed by atoms with Gasteiger partial charge in [0, 0.05) is 36.9 Å². The minimum atomic E-state index is -3.71. The van der Waals surface area contributed by atoms with E-state index < -0.39 is 10.0 Å². The zero-order valence-electron chi connectivity index (χ0n) is 13.5. The van der Waals surface area contributed by atoms with Crippen LogP contribution in [0.5, 0.6) is 0 Å². The number of sulfonamides is 1. The Kier molecular flexibility index (Phi) is 5.41. The van der Waals surface area contributed by atoms with E-state index in [0.717, 1.165) is 23.4 Å². The summed E-state index contributed by atoms with van der Waals surface area (Å²) in [6.07, 6.45) is 0.780. The van der Waals surface area contributed by atoms with Gasteiger partial charge in [0.05, 0.1) is 10.7 Å². The predicted octanol–water partition coefficient (Wildman–Crippen LogP) is 3.42. The molecule has 0 aliphatic carbocycles. The molecule has 0 unspecified atom stereocenters. The van der Waals surface area contributed by atoms with Gasteiger partial charge in [0.25, 0.3) is 0 Å². The van der Waals surface area contributed by atoms with E-state index in [0.29, 0.717) is 5.02 Å². The monoisotopic (exact) mass is 375 g/mol. The fraction of sp³-hybridized carbons (Fsp3) is 0.400. The minimum absolute atomic E-state index is 0.0469. The van der Waals surface area contributed by atoms with E-state index in [-0.39, 0.29) is 16.5 Å². The lowest BCUT2D eigenvalue weighted by Gasteiger charge is -2.18. The van der Waals surface area contributed by atoms with Crippen molar-refractivity contribution < 1.29 is 8.42 Å². The highest BCUT2D eigenvalue weighted by Gasteiger charge is 2.26. The van der Waals surface area contributed by atoms with E-state index in [9.17, 15) is 8.42 Å². The van der Waals surface area contributed by atoms with E-state index in [4.69, 9.17) is 23.2 Å². The molecule has 1 heterocycles. The number of hydrogen-bond acceptors (Lipinski definition) is 3.